The van der Waals surface area contributed by atoms with Crippen LogP contribution < -0.4 is 87.6 Å². The molecule has 86 heavy (non-hydrogen) atoms. The number of aromatic nitrogens is 2. The highest BCUT2D eigenvalue weighted by Gasteiger charge is 2.42. The standard InChI is InChI=1S/C52H94N24O10/c1-29(2)25-31(54)40(77)72-35(14-7-21-66-51(59)60)46(83)75-23-9-16-38(75)44(81)71-34(13-6-20-65-50(57)58)42(79)70-33(12-5-19-64-49(55)56)41(78)69-32(11-3-4-18-53)43(80)73-36(15-8-22-67-52(61)62)47(84)76-24-10-17-39(76)45(82)74-37(48(85)86)26-30-27-63-28-68-30/h27-29,31-39H,3-26,53-54H2,1-2H3,(H,63,68)(H,69,78)(H,70,79)(H,71,81)(H,72,77)(H,73,80)(H,74,82)(H,85,86)(H4,55,56,64)(H4,57,58,65)(H4,59,60,66)(H4,61,62,67)/t31-,32-,33-,34-,35-,36-,37-,38-,39-/m0/s1. The molecular weight excluding hydrogens is 1120 g/mol. The lowest BCUT2D eigenvalue weighted by Crippen LogP contribution is -2.60. The van der Waals surface area contributed by atoms with Gasteiger partial charge in [-0.3, -0.25) is 60.0 Å². The van der Waals surface area contributed by atoms with E-state index in [2.05, 4.69) is 63.1 Å². The van der Waals surface area contributed by atoms with Gasteiger partial charge < -0.3 is 107 Å². The highest BCUT2D eigenvalue weighted by atomic mass is 16.4. The van der Waals surface area contributed by atoms with Gasteiger partial charge in [0, 0.05) is 51.9 Å². The molecule has 2 fully saturated rings. The number of H-pyrrole nitrogens is 1. The second-order valence-corrected chi connectivity index (χ2v) is 21.8. The van der Waals surface area contributed by atoms with Crippen molar-refractivity contribution in [1.82, 2.24) is 72.9 Å². The summed E-state index contributed by atoms with van der Waals surface area (Å²) < 4.78 is 0. The topological polar surface area (TPSA) is 581 Å². The zero-order valence-electron chi connectivity index (χ0n) is 49.3. The summed E-state index contributed by atoms with van der Waals surface area (Å²) >= 11 is 0. The van der Waals surface area contributed by atoms with Crippen LogP contribution in [-0.4, -0.2) is 202 Å². The first kappa shape index (κ1) is 71.7. The number of unbranched alkanes of at least 4 members (excludes halogenated alkanes) is 1. The molecule has 34 heteroatoms. The van der Waals surface area contributed by atoms with Crippen LogP contribution in [-0.2, 0) is 49.6 Å². The van der Waals surface area contributed by atoms with E-state index in [1.165, 1.54) is 22.3 Å². The molecule has 9 atom stereocenters. The Hall–Kier alpha value is -8.56. The summed E-state index contributed by atoms with van der Waals surface area (Å²) in [6.45, 7) is 4.74. The lowest BCUT2D eigenvalue weighted by Gasteiger charge is -2.31. The van der Waals surface area contributed by atoms with E-state index >= 15 is 0 Å². The Labute approximate surface area is 500 Å². The molecule has 0 bridgehead atoms. The molecule has 28 N–H and O–H groups in total. The number of amides is 8. The van der Waals surface area contributed by atoms with E-state index < -0.39 is 108 Å². The number of likely N-dealkylation sites (tertiary alicyclic amines) is 2. The molecule has 482 valence electrons. The maximum atomic E-state index is 14.6. The number of rotatable bonds is 39. The molecular formula is C52H94N24O10. The minimum atomic E-state index is -1.41. The van der Waals surface area contributed by atoms with E-state index in [9.17, 15) is 48.3 Å². The van der Waals surface area contributed by atoms with Crippen molar-refractivity contribution in [1.29, 1.82) is 21.6 Å². The van der Waals surface area contributed by atoms with E-state index in [4.69, 9.17) is 56.0 Å². The molecule has 0 unspecified atom stereocenters. The van der Waals surface area contributed by atoms with Crippen LogP contribution in [0.5, 0.6) is 0 Å². The van der Waals surface area contributed by atoms with Crippen molar-refractivity contribution in [3.05, 3.63) is 18.2 Å². The Morgan fingerprint density at radius 2 is 0.942 bits per heavy atom. The summed E-state index contributed by atoms with van der Waals surface area (Å²) in [6, 6.07) is -11.1. The minimum Gasteiger partial charge on any atom is -0.480 e. The smallest absolute Gasteiger partial charge is 0.326 e. The third kappa shape index (κ3) is 25.7. The molecule has 2 aliphatic heterocycles. The largest absolute Gasteiger partial charge is 0.480 e. The van der Waals surface area contributed by atoms with E-state index in [0.29, 0.717) is 44.2 Å². The molecule has 3 heterocycles. The van der Waals surface area contributed by atoms with Crippen molar-refractivity contribution in [2.45, 2.75) is 177 Å². The maximum absolute atomic E-state index is 14.6. The normalized spacial score (nSPS) is 17.0. The monoisotopic (exact) mass is 1210 g/mol. The number of nitrogens with zero attached hydrogens (tertiary/aromatic N) is 3. The van der Waals surface area contributed by atoms with Crippen LogP contribution in [0.25, 0.3) is 0 Å². The molecule has 0 radical (unpaired) electrons. The van der Waals surface area contributed by atoms with Crippen LogP contribution in [0.3, 0.4) is 0 Å². The van der Waals surface area contributed by atoms with E-state index in [0.717, 1.165) is 0 Å². The third-order valence-electron chi connectivity index (χ3n) is 14.3. The maximum Gasteiger partial charge on any atom is 0.326 e. The molecule has 2 aliphatic rings. The van der Waals surface area contributed by atoms with Gasteiger partial charge in [-0.25, -0.2) is 9.78 Å². The zero-order valence-corrected chi connectivity index (χ0v) is 49.3. The number of nitrogens with one attached hydrogen (secondary N) is 15. The second kappa shape index (κ2) is 37.7. The van der Waals surface area contributed by atoms with Crippen LogP contribution in [0.4, 0.5) is 0 Å². The highest BCUT2D eigenvalue weighted by molar-refractivity contribution is 5.98. The fourth-order valence-corrected chi connectivity index (χ4v) is 10.00. The quantitative estimate of drug-likeness (QED) is 0.0166. The fourth-order valence-electron chi connectivity index (χ4n) is 10.00. The van der Waals surface area contributed by atoms with Crippen molar-refractivity contribution in [3.8, 4) is 0 Å². The van der Waals surface area contributed by atoms with Gasteiger partial charge in [-0.2, -0.15) is 0 Å². The lowest BCUT2D eigenvalue weighted by molar-refractivity contribution is -0.145. The van der Waals surface area contributed by atoms with Crippen molar-refractivity contribution in [3.63, 3.8) is 0 Å². The van der Waals surface area contributed by atoms with E-state index in [-0.39, 0.29) is 146 Å². The molecule has 3 rings (SSSR count). The molecule has 0 saturated carbocycles. The third-order valence-corrected chi connectivity index (χ3v) is 14.3. The average Bonchev–Trinajstić information content (AvgIpc) is 3.45. The van der Waals surface area contributed by atoms with Crippen LogP contribution in [0.1, 0.15) is 122 Å². The molecule has 0 aromatic carbocycles. The van der Waals surface area contributed by atoms with Crippen molar-refractivity contribution >= 4 is 77.1 Å². The Balaban J connectivity index is 1.95. The average molecular weight is 1220 g/mol. The second-order valence-electron chi connectivity index (χ2n) is 21.8. The Morgan fingerprint density at radius 3 is 1.31 bits per heavy atom. The van der Waals surface area contributed by atoms with Crippen molar-refractivity contribution in [2.24, 2.45) is 40.3 Å². The van der Waals surface area contributed by atoms with Crippen molar-refractivity contribution < 1.29 is 48.3 Å². The number of guanidine groups is 4. The number of aliphatic carboxylic acids is 1. The van der Waals surface area contributed by atoms with Gasteiger partial charge in [0.1, 0.15) is 48.3 Å². The minimum absolute atomic E-state index is 0.00150. The lowest BCUT2D eigenvalue weighted by atomic mass is 10.0. The van der Waals surface area contributed by atoms with Gasteiger partial charge in [0.2, 0.25) is 47.3 Å². The molecule has 1 aromatic heterocycles. The first-order valence-electron chi connectivity index (χ1n) is 29.2. The highest BCUT2D eigenvalue weighted by Crippen LogP contribution is 2.23. The van der Waals surface area contributed by atoms with Crippen LogP contribution >= 0.6 is 0 Å². The number of carbonyl (C=O) groups is 9. The number of imidazole rings is 1. The predicted molar refractivity (Wildman–Crippen MR) is 318 cm³/mol. The Kier molecular flexibility index (Phi) is 31.4. The first-order chi connectivity index (χ1) is 40.8. The number of aromatic amines is 1. The predicted octanol–water partition coefficient (Wildman–Crippen LogP) is -5.52. The summed E-state index contributed by atoms with van der Waals surface area (Å²) in [4.78, 5) is 136. The van der Waals surface area contributed by atoms with Crippen LogP contribution in [0, 0.1) is 27.6 Å². The summed E-state index contributed by atoms with van der Waals surface area (Å²) in [7, 11) is 0. The summed E-state index contributed by atoms with van der Waals surface area (Å²) in [5.74, 6) is -8.33. The molecule has 0 aliphatic carbocycles. The molecule has 34 nitrogen and oxygen atoms in total. The van der Waals surface area contributed by atoms with Gasteiger partial charge in [-0.15, -0.1) is 0 Å². The number of nitrogens with two attached hydrogens (primary N) is 6. The zero-order chi connectivity index (χ0) is 63.9. The van der Waals surface area contributed by atoms with Gasteiger partial charge in [0.05, 0.1) is 18.1 Å². The number of carboxylic acid groups (broad SMARTS) is 1. The van der Waals surface area contributed by atoms with Gasteiger partial charge in [0.25, 0.3) is 0 Å². The van der Waals surface area contributed by atoms with Crippen LogP contribution in [0.15, 0.2) is 12.5 Å². The molecule has 1 aromatic rings. The number of carbonyl (C=O) groups excluding carboxylic acids is 8. The molecule has 8 amide bonds. The van der Waals surface area contributed by atoms with Crippen molar-refractivity contribution in [2.75, 3.05) is 45.8 Å². The SMILES string of the molecule is CC(C)C[C@H](N)C(=O)N[C@@H](CCCNC(=N)N)C(=O)N1CCC[C@H]1C(=O)N[C@@H](CCCNC(=N)N)C(=O)N[C@@H](CCCNC(=N)N)C(=O)N[C@@H](CCCCN)C(=O)N[C@@H](CCCNC(=N)N)C(=O)N1CCC[C@H]1C(=O)N[C@@H](Cc1c[nH]cn1)C(=O)O. The Morgan fingerprint density at radius 1 is 0.570 bits per heavy atom. The van der Waals surface area contributed by atoms with Gasteiger partial charge in [-0.1, -0.05) is 13.8 Å². The molecule has 0 spiro atoms. The summed E-state index contributed by atoms with van der Waals surface area (Å²) in [5, 5.41) is 67.2. The van der Waals surface area contributed by atoms with Gasteiger partial charge in [-0.05, 0) is 115 Å². The molecule has 2 saturated heterocycles. The van der Waals surface area contributed by atoms with Gasteiger partial charge in [0.15, 0.2) is 23.8 Å². The number of hydrogen-bond donors (Lipinski definition) is 22. The first-order valence-corrected chi connectivity index (χ1v) is 29.2. The fraction of sp³-hybridized carbons (Fsp3) is 0.692. The number of carboxylic acids is 1. The van der Waals surface area contributed by atoms with Gasteiger partial charge >= 0.3 is 5.97 Å². The number of hydrogen-bond acceptors (Lipinski definition) is 16. The Bertz CT molecular complexity index is 2450. The summed E-state index contributed by atoms with van der Waals surface area (Å²) in [5.41, 5.74) is 34.4. The van der Waals surface area contributed by atoms with E-state index in [1.54, 1.807) is 0 Å². The van der Waals surface area contributed by atoms with E-state index in [1.807, 2.05) is 13.8 Å². The van der Waals surface area contributed by atoms with Crippen LogP contribution in [0.2, 0.25) is 0 Å². The summed E-state index contributed by atoms with van der Waals surface area (Å²) in [6.07, 6.45) is 5.59.